The molecule has 0 spiro atoms. The van der Waals surface area contributed by atoms with E-state index in [2.05, 4.69) is 19.2 Å². The molecule has 0 fully saturated rings. The normalized spacial score (nSPS) is 12.8. The monoisotopic (exact) mass is 273 g/mol. The minimum Gasteiger partial charge on any atom is -0.385 e. The summed E-state index contributed by atoms with van der Waals surface area (Å²) in [5.74, 6) is 0.862. The van der Waals surface area contributed by atoms with E-state index in [-0.39, 0.29) is 0 Å². The van der Waals surface area contributed by atoms with E-state index in [1.54, 1.807) is 7.11 Å². The Balaban J connectivity index is 2.99. The van der Waals surface area contributed by atoms with Crippen LogP contribution in [0.3, 0.4) is 0 Å². The van der Waals surface area contributed by atoms with E-state index in [1.165, 1.54) is 25.7 Å². The van der Waals surface area contributed by atoms with E-state index in [1.807, 2.05) is 0 Å². The number of unbranched alkanes of at least 4 members (excludes halogenated alkanes) is 2. The van der Waals surface area contributed by atoms with Gasteiger partial charge in [-0.2, -0.15) is 0 Å². The van der Waals surface area contributed by atoms with Crippen LogP contribution in [0.15, 0.2) is 0 Å². The van der Waals surface area contributed by atoms with Gasteiger partial charge in [-0.15, -0.1) is 0 Å². The third-order valence-electron chi connectivity index (χ3n) is 3.37. The molecular formula is C16H35NO2. The molecule has 0 saturated carbocycles. The highest BCUT2D eigenvalue weighted by molar-refractivity contribution is 4.55. The van der Waals surface area contributed by atoms with E-state index < -0.39 is 0 Å². The molecule has 19 heavy (non-hydrogen) atoms. The number of rotatable bonds is 15. The Kier molecular flexibility index (Phi) is 15.8. The summed E-state index contributed by atoms with van der Waals surface area (Å²) in [6, 6.07) is 0. The molecule has 1 N–H and O–H groups in total. The van der Waals surface area contributed by atoms with Crippen molar-refractivity contribution in [3.05, 3.63) is 0 Å². The van der Waals surface area contributed by atoms with Gasteiger partial charge < -0.3 is 14.8 Å². The lowest BCUT2D eigenvalue weighted by Crippen LogP contribution is -2.20. The lowest BCUT2D eigenvalue weighted by Gasteiger charge is -2.10. The van der Waals surface area contributed by atoms with Crippen molar-refractivity contribution < 1.29 is 9.47 Å². The Hall–Kier alpha value is -0.120. The molecule has 0 bridgehead atoms. The van der Waals surface area contributed by atoms with Gasteiger partial charge in [-0.25, -0.2) is 0 Å². The summed E-state index contributed by atoms with van der Waals surface area (Å²) in [4.78, 5) is 0. The van der Waals surface area contributed by atoms with Crippen molar-refractivity contribution in [2.24, 2.45) is 5.92 Å². The van der Waals surface area contributed by atoms with Crippen molar-refractivity contribution in [3.63, 3.8) is 0 Å². The van der Waals surface area contributed by atoms with Crippen molar-refractivity contribution in [3.8, 4) is 0 Å². The minimum atomic E-state index is 0.862. The Morgan fingerprint density at radius 1 is 0.895 bits per heavy atom. The van der Waals surface area contributed by atoms with Crippen molar-refractivity contribution in [2.75, 3.05) is 40.0 Å². The Morgan fingerprint density at radius 2 is 1.63 bits per heavy atom. The lowest BCUT2D eigenvalue weighted by atomic mass is 10.0. The van der Waals surface area contributed by atoms with E-state index in [0.29, 0.717) is 0 Å². The van der Waals surface area contributed by atoms with Gasteiger partial charge >= 0.3 is 0 Å². The summed E-state index contributed by atoms with van der Waals surface area (Å²) in [7, 11) is 1.76. The first kappa shape index (κ1) is 18.9. The van der Waals surface area contributed by atoms with Crippen LogP contribution in [0.4, 0.5) is 0 Å². The maximum Gasteiger partial charge on any atom is 0.0478 e. The zero-order chi connectivity index (χ0) is 14.2. The van der Waals surface area contributed by atoms with Crippen molar-refractivity contribution in [1.82, 2.24) is 5.32 Å². The molecule has 1 atom stereocenters. The number of ether oxygens (including phenoxy) is 2. The van der Waals surface area contributed by atoms with Crippen LogP contribution < -0.4 is 5.32 Å². The average Bonchev–Trinajstić information content (AvgIpc) is 2.40. The van der Waals surface area contributed by atoms with Crippen molar-refractivity contribution in [1.29, 1.82) is 0 Å². The molecule has 0 amide bonds. The molecule has 0 unspecified atom stereocenters. The quantitative estimate of drug-likeness (QED) is 0.462. The third kappa shape index (κ3) is 15.8. The number of nitrogens with one attached hydrogen (secondary N) is 1. The summed E-state index contributed by atoms with van der Waals surface area (Å²) in [6.07, 6.45) is 8.60. The Labute approximate surface area is 120 Å². The SMILES string of the molecule is CCC[C@H](C)CCNCCCOCCCCCOC. The van der Waals surface area contributed by atoms with Crippen LogP contribution in [0.5, 0.6) is 0 Å². The second-order valence-electron chi connectivity index (χ2n) is 5.45. The van der Waals surface area contributed by atoms with E-state index in [0.717, 1.165) is 58.1 Å². The predicted molar refractivity (Wildman–Crippen MR) is 82.7 cm³/mol. The number of hydrogen-bond donors (Lipinski definition) is 1. The van der Waals surface area contributed by atoms with Gasteiger partial charge in [0.25, 0.3) is 0 Å². The van der Waals surface area contributed by atoms with Crippen LogP contribution in [-0.2, 0) is 9.47 Å². The molecule has 0 aliphatic rings. The van der Waals surface area contributed by atoms with Gasteiger partial charge in [-0.1, -0.05) is 26.7 Å². The van der Waals surface area contributed by atoms with Crippen LogP contribution in [-0.4, -0.2) is 40.0 Å². The molecule has 0 radical (unpaired) electrons. The fraction of sp³-hybridized carbons (Fsp3) is 1.00. The van der Waals surface area contributed by atoms with Crippen LogP contribution in [0, 0.1) is 5.92 Å². The molecule has 3 nitrogen and oxygen atoms in total. The Bertz CT molecular complexity index is 165. The molecule has 116 valence electrons. The summed E-state index contributed by atoms with van der Waals surface area (Å²) < 4.78 is 10.6. The van der Waals surface area contributed by atoms with Gasteiger partial charge in [0.05, 0.1) is 0 Å². The largest absolute Gasteiger partial charge is 0.385 e. The standard InChI is InChI=1S/C16H35NO2/c1-4-9-16(2)10-12-17-11-8-15-19-14-7-5-6-13-18-3/h16-17H,4-15H2,1-3H3/t16-/m0/s1. The maximum atomic E-state index is 5.60. The molecule has 0 aromatic rings. The Morgan fingerprint density at radius 3 is 2.37 bits per heavy atom. The average molecular weight is 273 g/mol. The molecule has 0 aliphatic heterocycles. The van der Waals surface area contributed by atoms with Gasteiger partial charge in [-0.3, -0.25) is 0 Å². The molecule has 0 aromatic carbocycles. The van der Waals surface area contributed by atoms with Crippen molar-refractivity contribution in [2.45, 2.75) is 58.8 Å². The van der Waals surface area contributed by atoms with E-state index in [4.69, 9.17) is 9.47 Å². The minimum absolute atomic E-state index is 0.862. The van der Waals surface area contributed by atoms with Gasteiger partial charge in [0.1, 0.15) is 0 Å². The first-order chi connectivity index (χ1) is 9.31. The molecule has 0 aromatic heterocycles. The molecule has 0 rings (SSSR count). The topological polar surface area (TPSA) is 30.5 Å². The highest BCUT2D eigenvalue weighted by Gasteiger charge is 1.99. The number of hydrogen-bond acceptors (Lipinski definition) is 3. The molecule has 0 saturated heterocycles. The second kappa shape index (κ2) is 15.9. The van der Waals surface area contributed by atoms with Crippen LogP contribution in [0.2, 0.25) is 0 Å². The lowest BCUT2D eigenvalue weighted by molar-refractivity contribution is 0.124. The molecular weight excluding hydrogens is 238 g/mol. The van der Waals surface area contributed by atoms with Gasteiger partial charge in [0.2, 0.25) is 0 Å². The van der Waals surface area contributed by atoms with Gasteiger partial charge in [-0.05, 0) is 51.1 Å². The molecule has 0 heterocycles. The van der Waals surface area contributed by atoms with Gasteiger partial charge in [0.15, 0.2) is 0 Å². The first-order valence-corrected chi connectivity index (χ1v) is 8.08. The first-order valence-electron chi connectivity index (χ1n) is 8.08. The predicted octanol–water partition coefficient (Wildman–Crippen LogP) is 3.63. The summed E-state index contributed by atoms with van der Waals surface area (Å²) in [5, 5.41) is 3.50. The van der Waals surface area contributed by atoms with Crippen LogP contribution in [0.25, 0.3) is 0 Å². The smallest absolute Gasteiger partial charge is 0.0478 e. The van der Waals surface area contributed by atoms with Gasteiger partial charge in [0, 0.05) is 26.9 Å². The second-order valence-corrected chi connectivity index (χ2v) is 5.45. The summed E-state index contributed by atoms with van der Waals surface area (Å²) in [6.45, 7) is 9.51. The van der Waals surface area contributed by atoms with E-state index in [9.17, 15) is 0 Å². The van der Waals surface area contributed by atoms with E-state index >= 15 is 0 Å². The fourth-order valence-corrected chi connectivity index (χ4v) is 2.14. The molecule has 3 heteroatoms. The van der Waals surface area contributed by atoms with Crippen molar-refractivity contribution >= 4 is 0 Å². The zero-order valence-electron chi connectivity index (χ0n) is 13.4. The van der Waals surface area contributed by atoms with Crippen LogP contribution >= 0.6 is 0 Å². The summed E-state index contributed by atoms with van der Waals surface area (Å²) >= 11 is 0. The number of methoxy groups -OCH3 is 1. The zero-order valence-corrected chi connectivity index (χ0v) is 13.4. The summed E-state index contributed by atoms with van der Waals surface area (Å²) in [5.41, 5.74) is 0. The highest BCUT2D eigenvalue weighted by atomic mass is 16.5. The highest BCUT2D eigenvalue weighted by Crippen LogP contribution is 2.08. The van der Waals surface area contributed by atoms with Crippen LogP contribution in [0.1, 0.15) is 58.8 Å². The maximum absolute atomic E-state index is 5.60. The molecule has 0 aliphatic carbocycles. The third-order valence-corrected chi connectivity index (χ3v) is 3.37. The fourth-order valence-electron chi connectivity index (χ4n) is 2.14.